The molecule has 130 valence electrons. The minimum Gasteiger partial charge on any atom is -0.352 e. The molecule has 0 fully saturated rings. The van der Waals surface area contributed by atoms with E-state index in [2.05, 4.69) is 20.7 Å². The Morgan fingerprint density at radius 3 is 2.58 bits per heavy atom. The second kappa shape index (κ2) is 7.42. The topological polar surface area (TPSA) is 54.2 Å². The molecule has 0 aliphatic heterocycles. The van der Waals surface area contributed by atoms with Crippen LogP contribution in [0, 0.1) is 25.5 Å². The van der Waals surface area contributed by atoms with Crippen LogP contribution in [-0.4, -0.2) is 22.8 Å². The van der Waals surface area contributed by atoms with Gasteiger partial charge < -0.3 is 10.6 Å². The highest BCUT2D eigenvalue weighted by atomic mass is 19.1. The minimum absolute atomic E-state index is 0.354. The van der Waals surface area contributed by atoms with Crippen LogP contribution in [0.25, 0.3) is 0 Å². The number of halogens is 2. The molecule has 1 atom stereocenters. The van der Waals surface area contributed by atoms with E-state index in [-0.39, 0.29) is 6.04 Å². The quantitative estimate of drug-likeness (QED) is 0.667. The van der Waals surface area contributed by atoms with Crippen LogP contribution in [0.4, 0.5) is 8.78 Å². The van der Waals surface area contributed by atoms with Crippen molar-refractivity contribution in [3.05, 3.63) is 52.3 Å². The second-order valence-corrected chi connectivity index (χ2v) is 5.73. The van der Waals surface area contributed by atoms with Gasteiger partial charge in [0.1, 0.15) is 11.6 Å². The van der Waals surface area contributed by atoms with Crippen molar-refractivity contribution in [2.75, 3.05) is 7.05 Å². The van der Waals surface area contributed by atoms with E-state index >= 15 is 0 Å². The van der Waals surface area contributed by atoms with Gasteiger partial charge in [-0.15, -0.1) is 0 Å². The number of aliphatic imine (C=N–C) groups is 1. The van der Waals surface area contributed by atoms with Crippen LogP contribution in [0.15, 0.2) is 23.2 Å². The van der Waals surface area contributed by atoms with Gasteiger partial charge in [0.05, 0.1) is 11.7 Å². The molecule has 1 heterocycles. The van der Waals surface area contributed by atoms with Gasteiger partial charge in [0.15, 0.2) is 5.96 Å². The third kappa shape index (κ3) is 3.90. The van der Waals surface area contributed by atoms with Gasteiger partial charge in [-0.2, -0.15) is 5.10 Å². The molecular formula is C17H23F2N5. The lowest BCUT2D eigenvalue weighted by atomic mass is 10.1. The third-order valence-electron chi connectivity index (χ3n) is 4.10. The molecule has 0 bridgehead atoms. The molecular weight excluding hydrogens is 312 g/mol. The van der Waals surface area contributed by atoms with E-state index in [4.69, 9.17) is 0 Å². The molecule has 0 aliphatic rings. The Morgan fingerprint density at radius 1 is 1.33 bits per heavy atom. The Hall–Kier alpha value is -2.44. The largest absolute Gasteiger partial charge is 0.352 e. The van der Waals surface area contributed by atoms with Crippen molar-refractivity contribution in [2.24, 2.45) is 12.0 Å². The van der Waals surface area contributed by atoms with Crippen LogP contribution >= 0.6 is 0 Å². The second-order valence-electron chi connectivity index (χ2n) is 5.73. The van der Waals surface area contributed by atoms with Gasteiger partial charge in [0.2, 0.25) is 0 Å². The number of rotatable bonds is 4. The fourth-order valence-electron chi connectivity index (χ4n) is 2.58. The van der Waals surface area contributed by atoms with Crippen molar-refractivity contribution in [3.8, 4) is 0 Å². The van der Waals surface area contributed by atoms with Crippen molar-refractivity contribution in [1.82, 2.24) is 20.4 Å². The van der Waals surface area contributed by atoms with Gasteiger partial charge in [0.25, 0.3) is 0 Å². The molecule has 0 radical (unpaired) electrons. The number of aromatic nitrogens is 2. The molecule has 2 N–H and O–H groups in total. The highest BCUT2D eigenvalue weighted by Crippen LogP contribution is 2.17. The lowest BCUT2D eigenvalue weighted by molar-refractivity contribution is 0.550. The number of benzene rings is 1. The molecule has 24 heavy (non-hydrogen) atoms. The van der Waals surface area contributed by atoms with Gasteiger partial charge >= 0.3 is 0 Å². The zero-order chi connectivity index (χ0) is 17.9. The monoisotopic (exact) mass is 335 g/mol. The summed E-state index contributed by atoms with van der Waals surface area (Å²) in [4.78, 5) is 4.15. The van der Waals surface area contributed by atoms with E-state index in [0.29, 0.717) is 18.1 Å². The number of aryl methyl sites for hydroxylation is 2. The van der Waals surface area contributed by atoms with Crippen LogP contribution in [-0.2, 0) is 13.6 Å². The van der Waals surface area contributed by atoms with Crippen molar-refractivity contribution >= 4 is 5.96 Å². The highest BCUT2D eigenvalue weighted by Gasteiger charge is 2.14. The first-order chi connectivity index (χ1) is 11.3. The van der Waals surface area contributed by atoms with E-state index in [9.17, 15) is 8.78 Å². The summed E-state index contributed by atoms with van der Waals surface area (Å²) in [6.45, 7) is 6.31. The summed E-state index contributed by atoms with van der Waals surface area (Å²) >= 11 is 0. The van der Waals surface area contributed by atoms with Crippen LogP contribution in [0.3, 0.4) is 0 Å². The Kier molecular flexibility index (Phi) is 5.54. The number of nitrogens with zero attached hydrogens (tertiary/aromatic N) is 3. The van der Waals surface area contributed by atoms with Crippen molar-refractivity contribution in [3.63, 3.8) is 0 Å². The van der Waals surface area contributed by atoms with Crippen molar-refractivity contribution < 1.29 is 8.78 Å². The van der Waals surface area contributed by atoms with Crippen molar-refractivity contribution in [2.45, 2.75) is 33.4 Å². The molecule has 7 heteroatoms. The molecule has 0 aliphatic carbocycles. The van der Waals surface area contributed by atoms with E-state index in [1.807, 2.05) is 25.6 Å². The summed E-state index contributed by atoms with van der Waals surface area (Å²) in [5, 5.41) is 10.7. The number of nitrogens with one attached hydrogen (secondary N) is 2. The van der Waals surface area contributed by atoms with E-state index in [1.165, 1.54) is 12.1 Å². The summed E-state index contributed by atoms with van der Waals surface area (Å²) in [6, 6.07) is 3.21. The van der Waals surface area contributed by atoms with Crippen LogP contribution in [0.2, 0.25) is 0 Å². The smallest absolute Gasteiger partial charge is 0.191 e. The maximum absolute atomic E-state index is 13.9. The molecule has 0 spiro atoms. The van der Waals surface area contributed by atoms with Gasteiger partial charge in [-0.3, -0.25) is 9.67 Å². The van der Waals surface area contributed by atoms with Crippen LogP contribution < -0.4 is 10.6 Å². The molecule has 1 aromatic heterocycles. The van der Waals surface area contributed by atoms with Gasteiger partial charge in [0, 0.05) is 43.5 Å². The third-order valence-corrected chi connectivity index (χ3v) is 4.10. The van der Waals surface area contributed by atoms with E-state index in [1.54, 1.807) is 14.0 Å². The number of hydrogen-bond acceptors (Lipinski definition) is 2. The van der Waals surface area contributed by atoms with Crippen LogP contribution in [0.5, 0.6) is 0 Å². The van der Waals surface area contributed by atoms with Gasteiger partial charge in [-0.05, 0) is 26.8 Å². The molecule has 1 aromatic carbocycles. The fourth-order valence-corrected chi connectivity index (χ4v) is 2.58. The molecule has 2 aromatic rings. The predicted octanol–water partition coefficient (Wildman–Crippen LogP) is 2.74. The first-order valence-electron chi connectivity index (χ1n) is 7.74. The summed E-state index contributed by atoms with van der Waals surface area (Å²) in [7, 11) is 3.55. The van der Waals surface area contributed by atoms with Crippen molar-refractivity contribution in [1.29, 1.82) is 0 Å². The standard InChI is InChI=1S/C17H23F2N5/c1-10(14-7-6-13(18)8-16(14)19)22-17(20-4)21-9-15-11(2)23-24(5)12(15)3/h6-8,10H,9H2,1-5H3,(H2,20,21,22). The fraction of sp³-hybridized carbons (Fsp3) is 0.412. The summed E-state index contributed by atoms with van der Waals surface area (Å²) in [5.74, 6) is -0.633. The molecule has 5 nitrogen and oxygen atoms in total. The van der Waals surface area contributed by atoms with Crippen LogP contribution in [0.1, 0.15) is 35.5 Å². The van der Waals surface area contributed by atoms with E-state index < -0.39 is 11.6 Å². The van der Waals surface area contributed by atoms with Gasteiger partial charge in [-0.25, -0.2) is 8.78 Å². The lowest BCUT2D eigenvalue weighted by Gasteiger charge is -2.19. The van der Waals surface area contributed by atoms with Gasteiger partial charge in [-0.1, -0.05) is 6.07 Å². The summed E-state index contributed by atoms with van der Waals surface area (Å²) in [6.07, 6.45) is 0. The highest BCUT2D eigenvalue weighted by molar-refractivity contribution is 5.80. The maximum atomic E-state index is 13.9. The molecule has 0 saturated heterocycles. The Bertz CT molecular complexity index is 752. The first-order valence-corrected chi connectivity index (χ1v) is 7.74. The zero-order valence-corrected chi connectivity index (χ0v) is 14.6. The molecule has 0 amide bonds. The predicted molar refractivity (Wildman–Crippen MR) is 90.8 cm³/mol. The summed E-state index contributed by atoms with van der Waals surface area (Å²) in [5.41, 5.74) is 3.51. The molecule has 0 saturated carbocycles. The zero-order valence-electron chi connectivity index (χ0n) is 14.6. The Morgan fingerprint density at radius 2 is 2.04 bits per heavy atom. The SMILES string of the molecule is CN=C(NCc1c(C)nn(C)c1C)NC(C)c1ccc(F)cc1F. The Labute approximate surface area is 140 Å². The van der Waals surface area contributed by atoms with E-state index in [0.717, 1.165) is 23.0 Å². The Balaban J connectivity index is 2.04. The lowest BCUT2D eigenvalue weighted by Crippen LogP contribution is -2.38. The average molecular weight is 335 g/mol. The number of hydrogen-bond donors (Lipinski definition) is 2. The summed E-state index contributed by atoms with van der Waals surface area (Å²) < 4.78 is 28.7. The molecule has 1 unspecified atom stereocenters. The minimum atomic E-state index is -0.589. The number of guanidine groups is 1. The maximum Gasteiger partial charge on any atom is 0.191 e. The first kappa shape index (κ1) is 17.9. The average Bonchev–Trinajstić information content (AvgIpc) is 2.76. The molecule has 2 rings (SSSR count). The normalized spacial score (nSPS) is 13.0.